The minimum atomic E-state index is -3.54. The van der Waals surface area contributed by atoms with Crippen molar-refractivity contribution in [3.8, 4) is 0 Å². The van der Waals surface area contributed by atoms with E-state index in [4.69, 9.17) is 0 Å². The minimum absolute atomic E-state index is 0.146. The lowest BCUT2D eigenvalue weighted by atomic mass is 10.0. The summed E-state index contributed by atoms with van der Waals surface area (Å²) in [6, 6.07) is 5.75. The van der Waals surface area contributed by atoms with Crippen LogP contribution in [0.5, 0.6) is 0 Å². The predicted octanol–water partition coefficient (Wildman–Crippen LogP) is 1.43. The second kappa shape index (κ2) is 6.19. The summed E-state index contributed by atoms with van der Waals surface area (Å²) in [5.41, 5.74) is 0.434. The Morgan fingerprint density at radius 1 is 1.25 bits per heavy atom. The number of hydrogen-bond acceptors (Lipinski definition) is 3. The van der Waals surface area contributed by atoms with Crippen LogP contribution in [0.3, 0.4) is 0 Å². The first-order valence-corrected chi connectivity index (χ1v) is 8.02. The van der Waals surface area contributed by atoms with Gasteiger partial charge in [-0.3, -0.25) is 4.79 Å². The number of sulfonamides is 1. The van der Waals surface area contributed by atoms with E-state index in [1.165, 1.54) is 31.3 Å². The van der Waals surface area contributed by atoms with Gasteiger partial charge in [-0.25, -0.2) is 13.1 Å². The van der Waals surface area contributed by atoms with E-state index in [2.05, 4.69) is 10.0 Å². The first kappa shape index (κ1) is 14.7. The number of amides is 1. The summed E-state index contributed by atoms with van der Waals surface area (Å²) in [4.78, 5) is 11.6. The van der Waals surface area contributed by atoms with Crippen molar-refractivity contribution >= 4 is 15.9 Å². The highest BCUT2D eigenvalue weighted by atomic mass is 32.2. The smallest absolute Gasteiger partial charge is 0.251 e. The standard InChI is InChI=1S/C14H18N2O3S/c1-15-14(17)11-7-9-13(10-8-11)20(18,19)16-12-5-3-2-4-6-12/h3,5,7-10,12,16H,2,4,6H2,1H3,(H,15,17). The summed E-state index contributed by atoms with van der Waals surface area (Å²) in [6.45, 7) is 0. The average Bonchev–Trinajstić information content (AvgIpc) is 2.47. The van der Waals surface area contributed by atoms with Gasteiger partial charge in [0.25, 0.3) is 5.91 Å². The zero-order valence-electron chi connectivity index (χ0n) is 11.3. The monoisotopic (exact) mass is 294 g/mol. The van der Waals surface area contributed by atoms with Crippen LogP contribution in [-0.4, -0.2) is 27.4 Å². The minimum Gasteiger partial charge on any atom is -0.355 e. The van der Waals surface area contributed by atoms with E-state index in [0.717, 1.165) is 19.3 Å². The van der Waals surface area contributed by atoms with Crippen molar-refractivity contribution < 1.29 is 13.2 Å². The van der Waals surface area contributed by atoms with Gasteiger partial charge in [0.2, 0.25) is 10.0 Å². The zero-order valence-corrected chi connectivity index (χ0v) is 12.1. The number of allylic oxidation sites excluding steroid dienone is 1. The van der Waals surface area contributed by atoms with Crippen LogP contribution in [0.2, 0.25) is 0 Å². The molecule has 2 N–H and O–H groups in total. The van der Waals surface area contributed by atoms with Crippen LogP contribution >= 0.6 is 0 Å². The number of benzene rings is 1. The van der Waals surface area contributed by atoms with Gasteiger partial charge in [-0.1, -0.05) is 12.2 Å². The summed E-state index contributed by atoms with van der Waals surface area (Å²) in [5.74, 6) is -0.239. The summed E-state index contributed by atoms with van der Waals surface area (Å²) in [5, 5.41) is 2.49. The lowest BCUT2D eigenvalue weighted by Crippen LogP contribution is -2.34. The third-order valence-electron chi connectivity index (χ3n) is 3.21. The number of rotatable bonds is 4. The maximum atomic E-state index is 12.2. The molecule has 20 heavy (non-hydrogen) atoms. The third kappa shape index (κ3) is 3.46. The highest BCUT2D eigenvalue weighted by molar-refractivity contribution is 7.89. The van der Waals surface area contributed by atoms with Crippen LogP contribution in [0.4, 0.5) is 0 Å². The summed E-state index contributed by atoms with van der Waals surface area (Å²) in [7, 11) is -2.01. The number of nitrogens with one attached hydrogen (secondary N) is 2. The molecule has 0 heterocycles. The van der Waals surface area contributed by atoms with E-state index in [1.807, 2.05) is 12.2 Å². The van der Waals surface area contributed by atoms with Gasteiger partial charge in [-0.2, -0.15) is 0 Å². The van der Waals surface area contributed by atoms with E-state index in [9.17, 15) is 13.2 Å². The molecule has 0 saturated carbocycles. The van der Waals surface area contributed by atoms with Crippen molar-refractivity contribution in [3.63, 3.8) is 0 Å². The molecule has 108 valence electrons. The molecule has 0 bridgehead atoms. The molecule has 0 radical (unpaired) electrons. The van der Waals surface area contributed by atoms with Crippen LogP contribution in [0.25, 0.3) is 0 Å². The van der Waals surface area contributed by atoms with E-state index in [0.29, 0.717) is 5.56 Å². The van der Waals surface area contributed by atoms with Gasteiger partial charge in [-0.15, -0.1) is 0 Å². The number of hydrogen-bond donors (Lipinski definition) is 2. The molecule has 1 aromatic carbocycles. The van der Waals surface area contributed by atoms with Gasteiger partial charge in [0, 0.05) is 18.7 Å². The molecule has 0 aromatic heterocycles. The molecule has 1 unspecified atom stereocenters. The van der Waals surface area contributed by atoms with E-state index in [-0.39, 0.29) is 16.8 Å². The molecule has 1 aliphatic rings. The average molecular weight is 294 g/mol. The maximum Gasteiger partial charge on any atom is 0.251 e. The normalized spacial score (nSPS) is 18.8. The maximum absolute atomic E-state index is 12.2. The van der Waals surface area contributed by atoms with Crippen molar-refractivity contribution in [2.45, 2.75) is 30.2 Å². The molecule has 0 fully saturated rings. The van der Waals surface area contributed by atoms with E-state index >= 15 is 0 Å². The Bertz CT molecular complexity index is 606. The molecule has 1 aliphatic carbocycles. The van der Waals surface area contributed by atoms with Crippen molar-refractivity contribution in [1.82, 2.24) is 10.0 Å². The molecule has 0 spiro atoms. The number of carbonyl (C=O) groups is 1. The van der Waals surface area contributed by atoms with Crippen LogP contribution in [0.1, 0.15) is 29.6 Å². The Kier molecular flexibility index (Phi) is 4.57. The lowest BCUT2D eigenvalue weighted by molar-refractivity contribution is 0.0963. The van der Waals surface area contributed by atoms with E-state index in [1.54, 1.807) is 0 Å². The second-order valence-corrected chi connectivity index (χ2v) is 6.40. The molecule has 0 aliphatic heterocycles. The van der Waals surface area contributed by atoms with Crippen molar-refractivity contribution in [2.75, 3.05) is 7.05 Å². The molecule has 1 amide bonds. The van der Waals surface area contributed by atoms with Gasteiger partial charge in [0.15, 0.2) is 0 Å². The third-order valence-corrected chi connectivity index (χ3v) is 4.72. The highest BCUT2D eigenvalue weighted by Gasteiger charge is 2.19. The van der Waals surface area contributed by atoms with Crippen molar-refractivity contribution in [3.05, 3.63) is 42.0 Å². The molecule has 1 atom stereocenters. The Hall–Kier alpha value is -1.66. The summed E-state index contributed by atoms with van der Waals surface area (Å²) < 4.78 is 27.1. The SMILES string of the molecule is CNC(=O)c1ccc(S(=O)(=O)NC2C=CCCC2)cc1. The molecule has 6 heteroatoms. The van der Waals surface area contributed by atoms with Crippen LogP contribution in [0, 0.1) is 0 Å². The summed E-state index contributed by atoms with van der Waals surface area (Å²) in [6.07, 6.45) is 6.68. The fourth-order valence-electron chi connectivity index (χ4n) is 2.11. The topological polar surface area (TPSA) is 75.3 Å². The Balaban J connectivity index is 2.15. The van der Waals surface area contributed by atoms with Crippen LogP contribution in [-0.2, 0) is 10.0 Å². The Morgan fingerprint density at radius 2 is 1.95 bits per heavy atom. The Morgan fingerprint density at radius 3 is 2.50 bits per heavy atom. The predicted molar refractivity (Wildman–Crippen MR) is 76.9 cm³/mol. The highest BCUT2D eigenvalue weighted by Crippen LogP contribution is 2.15. The molecule has 0 saturated heterocycles. The molecule has 2 rings (SSSR count). The quantitative estimate of drug-likeness (QED) is 0.825. The first-order chi connectivity index (χ1) is 9.53. The molecular weight excluding hydrogens is 276 g/mol. The van der Waals surface area contributed by atoms with Crippen LogP contribution in [0.15, 0.2) is 41.3 Å². The largest absolute Gasteiger partial charge is 0.355 e. The molecule has 5 nitrogen and oxygen atoms in total. The van der Waals surface area contributed by atoms with Crippen molar-refractivity contribution in [1.29, 1.82) is 0 Å². The zero-order chi connectivity index (χ0) is 14.6. The van der Waals surface area contributed by atoms with E-state index < -0.39 is 10.0 Å². The summed E-state index contributed by atoms with van der Waals surface area (Å²) >= 11 is 0. The molecular formula is C14H18N2O3S. The molecule has 1 aromatic rings. The number of carbonyl (C=O) groups excluding carboxylic acids is 1. The van der Waals surface area contributed by atoms with Gasteiger partial charge >= 0.3 is 0 Å². The van der Waals surface area contributed by atoms with Gasteiger partial charge in [0.05, 0.1) is 4.90 Å². The lowest BCUT2D eigenvalue weighted by Gasteiger charge is -2.18. The van der Waals surface area contributed by atoms with Gasteiger partial charge < -0.3 is 5.32 Å². The van der Waals surface area contributed by atoms with Gasteiger partial charge in [0.1, 0.15) is 0 Å². The second-order valence-electron chi connectivity index (χ2n) is 4.69. The van der Waals surface area contributed by atoms with Gasteiger partial charge in [-0.05, 0) is 43.5 Å². The van der Waals surface area contributed by atoms with Crippen molar-refractivity contribution in [2.24, 2.45) is 0 Å². The fourth-order valence-corrected chi connectivity index (χ4v) is 3.33. The van der Waals surface area contributed by atoms with Crippen LogP contribution < -0.4 is 10.0 Å². The fraction of sp³-hybridized carbons (Fsp3) is 0.357. The Labute approximate surface area is 119 Å². The first-order valence-electron chi connectivity index (χ1n) is 6.54.